The van der Waals surface area contributed by atoms with E-state index in [9.17, 15) is 9.59 Å². The summed E-state index contributed by atoms with van der Waals surface area (Å²) in [7, 11) is 0. The molecule has 0 aliphatic heterocycles. The Morgan fingerprint density at radius 1 is 0.789 bits per heavy atom. The molecule has 0 saturated heterocycles. The molecule has 0 atom stereocenters. The molecule has 5 heteroatoms. The van der Waals surface area contributed by atoms with Crippen LogP contribution in [-0.2, 0) is 17.8 Å². The SMILES string of the molecule is O=C(CN(C(=O)c1cccc2ccccc12)C1CC1)N(CCc1c[nH]c2ccccc12)Cc1ccccc1. The number of hydrogen-bond acceptors (Lipinski definition) is 2. The number of carbonyl (C=O) groups excluding carboxylic acids is 2. The number of fused-ring (bicyclic) bond motifs is 2. The first-order chi connectivity index (χ1) is 18.7. The van der Waals surface area contributed by atoms with Crippen LogP contribution in [0.1, 0.15) is 34.3 Å². The first kappa shape index (κ1) is 24.0. The van der Waals surface area contributed by atoms with Crippen LogP contribution in [0.2, 0.25) is 0 Å². The van der Waals surface area contributed by atoms with Crippen LogP contribution in [0, 0.1) is 0 Å². The molecular formula is C33H31N3O2. The number of hydrogen-bond donors (Lipinski definition) is 1. The number of aromatic nitrogens is 1. The molecule has 38 heavy (non-hydrogen) atoms. The zero-order chi connectivity index (χ0) is 25.9. The van der Waals surface area contributed by atoms with Gasteiger partial charge in [0.25, 0.3) is 5.91 Å². The van der Waals surface area contributed by atoms with E-state index in [4.69, 9.17) is 0 Å². The second-order valence-electron chi connectivity index (χ2n) is 10.1. The standard InChI is InChI=1S/C33H31N3O2/c37-32(23-36(27-17-18-27)33(38)30-15-8-12-25-11-4-5-13-28(25)30)35(22-24-9-2-1-3-10-24)20-19-26-21-34-31-16-7-6-14-29(26)31/h1-16,21,27,34H,17-20,22-23H2. The van der Waals surface area contributed by atoms with Crippen molar-refractivity contribution in [1.29, 1.82) is 0 Å². The highest BCUT2D eigenvalue weighted by Crippen LogP contribution is 2.30. The summed E-state index contributed by atoms with van der Waals surface area (Å²) in [6.07, 6.45) is 4.66. The van der Waals surface area contributed by atoms with E-state index in [-0.39, 0.29) is 24.4 Å². The maximum absolute atomic E-state index is 13.8. The molecule has 1 saturated carbocycles. The lowest BCUT2D eigenvalue weighted by molar-refractivity contribution is -0.132. The van der Waals surface area contributed by atoms with Crippen LogP contribution in [-0.4, -0.2) is 45.7 Å². The Hall–Kier alpha value is -4.38. The lowest BCUT2D eigenvalue weighted by atomic mass is 10.0. The monoisotopic (exact) mass is 501 g/mol. The maximum Gasteiger partial charge on any atom is 0.255 e. The van der Waals surface area contributed by atoms with E-state index in [0.717, 1.165) is 41.1 Å². The molecule has 0 spiro atoms. The van der Waals surface area contributed by atoms with Crippen LogP contribution in [0.4, 0.5) is 0 Å². The summed E-state index contributed by atoms with van der Waals surface area (Å²) in [4.78, 5) is 34.7. The minimum absolute atomic E-state index is 0.0193. The summed E-state index contributed by atoms with van der Waals surface area (Å²) in [6, 6.07) is 32.2. The summed E-state index contributed by atoms with van der Waals surface area (Å²) < 4.78 is 0. The molecule has 0 radical (unpaired) electrons. The van der Waals surface area contributed by atoms with Crippen molar-refractivity contribution in [2.75, 3.05) is 13.1 Å². The Balaban J connectivity index is 1.24. The Bertz CT molecular complexity index is 1580. The summed E-state index contributed by atoms with van der Waals surface area (Å²) in [5.41, 5.74) is 4.04. The third kappa shape index (κ3) is 5.05. The minimum atomic E-state index is -0.0612. The number of nitrogens with zero attached hydrogens (tertiary/aromatic N) is 2. The first-order valence-electron chi connectivity index (χ1n) is 13.3. The van der Waals surface area contributed by atoms with Crippen molar-refractivity contribution in [3.63, 3.8) is 0 Å². The molecule has 1 aromatic heterocycles. The normalized spacial score (nSPS) is 13.1. The molecule has 5 nitrogen and oxygen atoms in total. The van der Waals surface area contributed by atoms with Gasteiger partial charge in [-0.1, -0.05) is 84.9 Å². The zero-order valence-electron chi connectivity index (χ0n) is 21.3. The third-order valence-corrected chi connectivity index (χ3v) is 7.47. The fourth-order valence-electron chi connectivity index (χ4n) is 5.25. The van der Waals surface area contributed by atoms with Gasteiger partial charge in [-0.25, -0.2) is 0 Å². The molecule has 5 aromatic rings. The van der Waals surface area contributed by atoms with Crippen molar-refractivity contribution in [2.45, 2.75) is 31.8 Å². The van der Waals surface area contributed by atoms with Crippen LogP contribution in [0.15, 0.2) is 103 Å². The molecule has 4 aromatic carbocycles. The summed E-state index contributed by atoms with van der Waals surface area (Å²) in [5.74, 6) is -0.0804. The average Bonchev–Trinajstić information content (AvgIpc) is 3.73. The van der Waals surface area contributed by atoms with Crippen LogP contribution < -0.4 is 0 Å². The van der Waals surface area contributed by atoms with E-state index in [1.54, 1.807) is 4.90 Å². The van der Waals surface area contributed by atoms with E-state index in [1.807, 2.05) is 96.0 Å². The van der Waals surface area contributed by atoms with Crippen molar-refractivity contribution in [1.82, 2.24) is 14.8 Å². The van der Waals surface area contributed by atoms with Crippen LogP contribution in [0.3, 0.4) is 0 Å². The quantitative estimate of drug-likeness (QED) is 0.262. The predicted octanol–water partition coefficient (Wildman–Crippen LogP) is 6.20. The number of para-hydroxylation sites is 1. The number of carbonyl (C=O) groups is 2. The Morgan fingerprint density at radius 2 is 1.50 bits per heavy atom. The second kappa shape index (κ2) is 10.5. The van der Waals surface area contributed by atoms with Crippen molar-refractivity contribution in [2.24, 2.45) is 0 Å². The lowest BCUT2D eigenvalue weighted by Crippen LogP contribution is -2.44. The van der Waals surface area contributed by atoms with Gasteiger partial charge >= 0.3 is 0 Å². The molecule has 1 N–H and O–H groups in total. The van der Waals surface area contributed by atoms with Gasteiger partial charge in [-0.3, -0.25) is 9.59 Å². The molecule has 0 unspecified atom stereocenters. The van der Waals surface area contributed by atoms with E-state index in [0.29, 0.717) is 18.7 Å². The lowest BCUT2D eigenvalue weighted by Gasteiger charge is -2.28. The Labute approximate surface area is 222 Å². The third-order valence-electron chi connectivity index (χ3n) is 7.47. The molecule has 1 heterocycles. The molecular weight excluding hydrogens is 470 g/mol. The van der Waals surface area contributed by atoms with Crippen LogP contribution in [0.5, 0.6) is 0 Å². The van der Waals surface area contributed by atoms with Gasteiger partial charge in [0.15, 0.2) is 0 Å². The molecule has 1 aliphatic rings. The highest BCUT2D eigenvalue weighted by molar-refractivity contribution is 6.08. The summed E-state index contributed by atoms with van der Waals surface area (Å²) in [6.45, 7) is 1.19. The molecule has 2 amide bonds. The number of amides is 2. The van der Waals surface area contributed by atoms with E-state index in [2.05, 4.69) is 17.1 Å². The van der Waals surface area contributed by atoms with Gasteiger partial charge in [0, 0.05) is 41.8 Å². The van der Waals surface area contributed by atoms with E-state index >= 15 is 0 Å². The number of benzene rings is 4. The largest absolute Gasteiger partial charge is 0.361 e. The number of H-pyrrole nitrogens is 1. The smallest absolute Gasteiger partial charge is 0.255 e. The second-order valence-corrected chi connectivity index (χ2v) is 10.1. The fraction of sp³-hybridized carbons (Fsp3) is 0.212. The average molecular weight is 502 g/mol. The first-order valence-corrected chi connectivity index (χ1v) is 13.3. The number of nitrogens with one attached hydrogen (secondary N) is 1. The van der Waals surface area contributed by atoms with E-state index < -0.39 is 0 Å². The minimum Gasteiger partial charge on any atom is -0.361 e. The highest BCUT2D eigenvalue weighted by atomic mass is 16.2. The molecule has 1 aliphatic carbocycles. The molecule has 1 fully saturated rings. The van der Waals surface area contributed by atoms with Gasteiger partial charge in [-0.05, 0) is 53.3 Å². The summed E-state index contributed by atoms with van der Waals surface area (Å²) in [5, 5.41) is 3.15. The predicted molar refractivity (Wildman–Crippen MR) is 152 cm³/mol. The molecule has 190 valence electrons. The topological polar surface area (TPSA) is 56.4 Å². The molecule has 0 bridgehead atoms. The molecule has 6 rings (SSSR count). The zero-order valence-corrected chi connectivity index (χ0v) is 21.3. The van der Waals surface area contributed by atoms with Gasteiger partial charge in [-0.2, -0.15) is 0 Å². The van der Waals surface area contributed by atoms with Gasteiger partial charge in [0.05, 0.1) is 0 Å². The van der Waals surface area contributed by atoms with Crippen LogP contribution in [0.25, 0.3) is 21.7 Å². The van der Waals surface area contributed by atoms with Gasteiger partial charge in [0.1, 0.15) is 6.54 Å². The van der Waals surface area contributed by atoms with Crippen molar-refractivity contribution < 1.29 is 9.59 Å². The van der Waals surface area contributed by atoms with Crippen LogP contribution >= 0.6 is 0 Å². The highest BCUT2D eigenvalue weighted by Gasteiger charge is 2.35. The van der Waals surface area contributed by atoms with Crippen molar-refractivity contribution in [3.8, 4) is 0 Å². The van der Waals surface area contributed by atoms with Gasteiger partial charge in [-0.15, -0.1) is 0 Å². The van der Waals surface area contributed by atoms with Crippen molar-refractivity contribution >= 4 is 33.5 Å². The number of aromatic amines is 1. The number of rotatable bonds is 9. The van der Waals surface area contributed by atoms with E-state index in [1.165, 1.54) is 10.9 Å². The van der Waals surface area contributed by atoms with Gasteiger partial charge < -0.3 is 14.8 Å². The van der Waals surface area contributed by atoms with Gasteiger partial charge in [0.2, 0.25) is 5.91 Å². The fourth-order valence-corrected chi connectivity index (χ4v) is 5.25. The maximum atomic E-state index is 13.8. The Kier molecular flexibility index (Phi) is 6.65. The summed E-state index contributed by atoms with van der Waals surface area (Å²) >= 11 is 0. The Morgan fingerprint density at radius 3 is 2.32 bits per heavy atom. The van der Waals surface area contributed by atoms with Crippen molar-refractivity contribution in [3.05, 3.63) is 120 Å².